The van der Waals surface area contributed by atoms with Gasteiger partial charge < -0.3 is 9.64 Å². The number of hydrogen-bond donors (Lipinski definition) is 0. The SMILES string of the molecule is Cc1ccc(C)c(OC2CCN(C(=O)/C=C/c3nc4ccccc4s3)CC2)c1. The third-order valence-electron chi connectivity index (χ3n) is 5.07. The van der Waals surface area contributed by atoms with E-state index in [1.807, 2.05) is 35.2 Å². The molecule has 2 aromatic carbocycles. The van der Waals surface area contributed by atoms with Crippen LogP contribution in [0, 0.1) is 13.8 Å². The number of nitrogens with zero attached hydrogens (tertiary/aromatic N) is 2. The molecule has 0 unspecified atom stereocenters. The van der Waals surface area contributed by atoms with Crippen molar-refractivity contribution in [3.05, 3.63) is 64.7 Å². The molecule has 2 heterocycles. The number of aromatic nitrogens is 1. The summed E-state index contributed by atoms with van der Waals surface area (Å²) in [7, 11) is 0. The first-order chi connectivity index (χ1) is 13.6. The molecule has 3 aromatic rings. The molecule has 0 bridgehead atoms. The Kier molecular flexibility index (Phi) is 5.44. The molecule has 0 saturated carbocycles. The molecule has 0 spiro atoms. The number of likely N-dealkylation sites (tertiary alicyclic amines) is 1. The summed E-state index contributed by atoms with van der Waals surface area (Å²) in [4.78, 5) is 19.0. The van der Waals surface area contributed by atoms with E-state index < -0.39 is 0 Å². The number of carbonyl (C=O) groups excluding carboxylic acids is 1. The Hall–Kier alpha value is -2.66. The van der Waals surface area contributed by atoms with E-state index in [9.17, 15) is 4.79 Å². The van der Waals surface area contributed by atoms with Gasteiger partial charge in [-0.15, -0.1) is 11.3 Å². The lowest BCUT2D eigenvalue weighted by molar-refractivity contribution is -0.127. The fourth-order valence-electron chi connectivity index (χ4n) is 3.42. The molecule has 1 saturated heterocycles. The van der Waals surface area contributed by atoms with E-state index in [1.165, 1.54) is 5.56 Å². The molecule has 0 N–H and O–H groups in total. The van der Waals surface area contributed by atoms with Gasteiger partial charge >= 0.3 is 0 Å². The summed E-state index contributed by atoms with van der Waals surface area (Å²) < 4.78 is 7.33. The monoisotopic (exact) mass is 392 g/mol. The number of rotatable bonds is 4. The summed E-state index contributed by atoms with van der Waals surface area (Å²) in [5, 5.41) is 0.864. The lowest BCUT2D eigenvalue weighted by atomic mass is 10.1. The van der Waals surface area contributed by atoms with Crippen LogP contribution < -0.4 is 4.74 Å². The van der Waals surface area contributed by atoms with E-state index in [2.05, 4.69) is 37.0 Å². The summed E-state index contributed by atoms with van der Waals surface area (Å²) in [5.41, 5.74) is 3.33. The number of fused-ring (bicyclic) bond motifs is 1. The molecule has 1 aliphatic rings. The average molecular weight is 393 g/mol. The highest BCUT2D eigenvalue weighted by Gasteiger charge is 2.23. The zero-order valence-corrected chi connectivity index (χ0v) is 17.0. The van der Waals surface area contributed by atoms with Gasteiger partial charge in [0.05, 0.1) is 10.2 Å². The van der Waals surface area contributed by atoms with E-state index in [-0.39, 0.29) is 12.0 Å². The van der Waals surface area contributed by atoms with Crippen molar-refractivity contribution < 1.29 is 9.53 Å². The Morgan fingerprint density at radius 1 is 1.18 bits per heavy atom. The molecule has 1 aromatic heterocycles. The number of thiazole rings is 1. The molecule has 0 atom stereocenters. The summed E-state index contributed by atoms with van der Waals surface area (Å²) in [5.74, 6) is 1.00. The highest BCUT2D eigenvalue weighted by atomic mass is 32.1. The van der Waals surface area contributed by atoms with Gasteiger partial charge in [-0.25, -0.2) is 4.98 Å². The second-order valence-electron chi connectivity index (χ2n) is 7.26. The number of piperidine rings is 1. The van der Waals surface area contributed by atoms with Crippen molar-refractivity contribution in [3.8, 4) is 5.75 Å². The van der Waals surface area contributed by atoms with Crippen molar-refractivity contribution >= 4 is 33.5 Å². The number of carbonyl (C=O) groups is 1. The summed E-state index contributed by atoms with van der Waals surface area (Å²) in [6, 6.07) is 14.3. The molecule has 5 heteroatoms. The van der Waals surface area contributed by atoms with E-state index >= 15 is 0 Å². The maximum absolute atomic E-state index is 12.5. The van der Waals surface area contributed by atoms with E-state index in [4.69, 9.17) is 4.74 Å². The van der Waals surface area contributed by atoms with Gasteiger partial charge in [-0.3, -0.25) is 4.79 Å². The maximum Gasteiger partial charge on any atom is 0.246 e. The van der Waals surface area contributed by atoms with Crippen LogP contribution >= 0.6 is 11.3 Å². The quantitative estimate of drug-likeness (QED) is 0.587. The first-order valence-corrected chi connectivity index (χ1v) is 10.5. The molecule has 28 heavy (non-hydrogen) atoms. The topological polar surface area (TPSA) is 42.4 Å². The van der Waals surface area contributed by atoms with Gasteiger partial charge in [-0.2, -0.15) is 0 Å². The molecular weight excluding hydrogens is 368 g/mol. The molecule has 1 amide bonds. The van der Waals surface area contributed by atoms with Crippen LogP contribution in [0.1, 0.15) is 29.0 Å². The van der Waals surface area contributed by atoms with Crippen molar-refractivity contribution in [2.45, 2.75) is 32.8 Å². The van der Waals surface area contributed by atoms with E-state index in [0.717, 1.165) is 52.5 Å². The number of hydrogen-bond acceptors (Lipinski definition) is 4. The molecule has 4 rings (SSSR count). The zero-order valence-electron chi connectivity index (χ0n) is 16.2. The second kappa shape index (κ2) is 8.15. The van der Waals surface area contributed by atoms with Gasteiger partial charge in [0.25, 0.3) is 0 Å². The van der Waals surface area contributed by atoms with Crippen LogP contribution in [0.2, 0.25) is 0 Å². The Labute approximate surface area is 169 Å². The van der Waals surface area contributed by atoms with Crippen LogP contribution in [0.3, 0.4) is 0 Å². The fraction of sp³-hybridized carbons (Fsp3) is 0.304. The number of amides is 1. The minimum atomic E-state index is 0.0458. The van der Waals surface area contributed by atoms with E-state index in [1.54, 1.807) is 17.4 Å². The summed E-state index contributed by atoms with van der Waals surface area (Å²) in [6.45, 7) is 5.59. The van der Waals surface area contributed by atoms with Gasteiger partial charge in [0.2, 0.25) is 5.91 Å². The Morgan fingerprint density at radius 2 is 1.96 bits per heavy atom. The average Bonchev–Trinajstić information content (AvgIpc) is 3.12. The molecular formula is C23H24N2O2S. The van der Waals surface area contributed by atoms with Crippen molar-refractivity contribution in [3.63, 3.8) is 0 Å². The highest BCUT2D eigenvalue weighted by Crippen LogP contribution is 2.25. The largest absolute Gasteiger partial charge is 0.490 e. The Bertz CT molecular complexity index is 983. The Morgan fingerprint density at radius 3 is 2.75 bits per heavy atom. The number of para-hydroxylation sites is 1. The van der Waals surface area contributed by atoms with Gasteiger partial charge in [0, 0.05) is 32.0 Å². The minimum absolute atomic E-state index is 0.0458. The van der Waals surface area contributed by atoms with Gasteiger partial charge in [-0.05, 0) is 49.2 Å². The number of ether oxygens (including phenoxy) is 1. The zero-order chi connectivity index (χ0) is 19.5. The smallest absolute Gasteiger partial charge is 0.246 e. The second-order valence-corrected chi connectivity index (χ2v) is 8.33. The summed E-state index contributed by atoms with van der Waals surface area (Å²) in [6.07, 6.45) is 5.34. The van der Waals surface area contributed by atoms with Gasteiger partial charge in [0.15, 0.2) is 0 Å². The highest BCUT2D eigenvalue weighted by molar-refractivity contribution is 7.19. The molecule has 4 nitrogen and oxygen atoms in total. The standard InChI is InChI=1S/C23H24N2O2S/c1-16-7-8-17(2)20(15-16)27-18-11-13-25(14-12-18)23(26)10-9-22-24-19-5-3-4-6-21(19)28-22/h3-10,15,18H,11-14H2,1-2H3/b10-9+. The maximum atomic E-state index is 12.5. The van der Waals surface area contributed by atoms with Crippen LogP contribution in [0.25, 0.3) is 16.3 Å². The number of aryl methyl sites for hydroxylation is 2. The van der Waals surface area contributed by atoms with Crippen molar-refractivity contribution in [1.29, 1.82) is 0 Å². The van der Waals surface area contributed by atoms with E-state index in [0.29, 0.717) is 0 Å². The predicted octanol–water partition coefficient (Wildman–Crippen LogP) is 5.00. The predicted molar refractivity (Wildman–Crippen MR) is 115 cm³/mol. The van der Waals surface area contributed by atoms with Crippen molar-refractivity contribution in [2.24, 2.45) is 0 Å². The molecule has 0 radical (unpaired) electrons. The molecule has 1 fully saturated rings. The van der Waals surface area contributed by atoms with Crippen LogP contribution in [0.5, 0.6) is 5.75 Å². The Balaban J connectivity index is 1.33. The lowest BCUT2D eigenvalue weighted by Crippen LogP contribution is -2.41. The van der Waals surface area contributed by atoms with Crippen LogP contribution in [0.4, 0.5) is 0 Å². The normalized spacial score (nSPS) is 15.4. The van der Waals surface area contributed by atoms with Crippen LogP contribution in [-0.2, 0) is 4.79 Å². The van der Waals surface area contributed by atoms with Crippen molar-refractivity contribution in [2.75, 3.05) is 13.1 Å². The lowest BCUT2D eigenvalue weighted by Gasteiger charge is -2.32. The summed E-state index contributed by atoms with van der Waals surface area (Å²) >= 11 is 1.60. The molecule has 0 aliphatic carbocycles. The number of benzene rings is 2. The molecule has 144 valence electrons. The van der Waals surface area contributed by atoms with Gasteiger partial charge in [0.1, 0.15) is 16.9 Å². The first kappa shape index (κ1) is 18.7. The van der Waals surface area contributed by atoms with Crippen LogP contribution in [-0.4, -0.2) is 35.0 Å². The molecule has 1 aliphatic heterocycles. The fourth-order valence-corrected chi connectivity index (χ4v) is 4.29. The minimum Gasteiger partial charge on any atom is -0.490 e. The van der Waals surface area contributed by atoms with Crippen LogP contribution in [0.15, 0.2) is 48.5 Å². The third kappa shape index (κ3) is 4.25. The first-order valence-electron chi connectivity index (χ1n) is 9.65. The van der Waals surface area contributed by atoms with Crippen molar-refractivity contribution in [1.82, 2.24) is 9.88 Å². The van der Waals surface area contributed by atoms with Gasteiger partial charge in [-0.1, -0.05) is 24.3 Å². The third-order valence-corrected chi connectivity index (χ3v) is 6.07.